The molecule has 0 radical (unpaired) electrons. The van der Waals surface area contributed by atoms with Crippen LogP contribution in [0.2, 0.25) is 0 Å². The minimum Gasteiger partial charge on any atom is -0.445 e. The maximum Gasteiger partial charge on any atom is 0.408 e. The molecule has 0 aliphatic heterocycles. The van der Waals surface area contributed by atoms with Gasteiger partial charge in [0.15, 0.2) is 0 Å². The van der Waals surface area contributed by atoms with Gasteiger partial charge in [-0.3, -0.25) is 14.4 Å². The number of amides is 4. The Morgan fingerprint density at radius 1 is 0.804 bits per heavy atom. The van der Waals surface area contributed by atoms with Gasteiger partial charge in [0.1, 0.15) is 18.7 Å². The number of hydrogen-bond acceptors (Lipinski definition) is 7. The molecule has 272 valence electrons. The largest absolute Gasteiger partial charge is 0.445 e. The minimum absolute atomic E-state index is 0.00846. The van der Waals surface area contributed by atoms with Crippen molar-refractivity contribution in [1.82, 2.24) is 31.2 Å². The molecule has 51 heavy (non-hydrogen) atoms. The number of rotatable bonds is 18. The first-order valence-electron chi connectivity index (χ1n) is 17.5. The Morgan fingerprint density at radius 2 is 1.49 bits per heavy atom. The highest BCUT2D eigenvalue weighted by molar-refractivity contribution is 5.93. The lowest BCUT2D eigenvalue weighted by molar-refractivity contribution is -0.131. The third-order valence-electron chi connectivity index (χ3n) is 8.35. The van der Waals surface area contributed by atoms with Crippen LogP contribution < -0.4 is 21.3 Å². The van der Waals surface area contributed by atoms with Crippen LogP contribution >= 0.6 is 0 Å². The number of aromatic amines is 1. The number of hydrogen-bond donors (Lipinski definition) is 6. The fourth-order valence-electron chi connectivity index (χ4n) is 5.73. The van der Waals surface area contributed by atoms with E-state index in [9.17, 15) is 24.3 Å². The summed E-state index contributed by atoms with van der Waals surface area (Å²) in [6.07, 6.45) is 1.49. The van der Waals surface area contributed by atoms with Gasteiger partial charge in [0.05, 0.1) is 30.6 Å². The first kappa shape index (κ1) is 38.6. The fourth-order valence-corrected chi connectivity index (χ4v) is 5.73. The Bertz CT molecular complexity index is 1710. The lowest BCUT2D eigenvalue weighted by Crippen LogP contribution is -2.57. The summed E-state index contributed by atoms with van der Waals surface area (Å²) in [4.78, 5) is 60.8. The minimum atomic E-state index is -1.16. The molecule has 6 N–H and O–H groups in total. The zero-order chi connectivity index (χ0) is 36.8. The molecule has 0 saturated carbocycles. The maximum absolute atomic E-state index is 14.1. The Balaban J connectivity index is 1.55. The lowest BCUT2D eigenvalue weighted by atomic mass is 9.96. The number of imidazole rings is 1. The van der Waals surface area contributed by atoms with Crippen LogP contribution in [0.1, 0.15) is 57.4 Å². The van der Waals surface area contributed by atoms with Gasteiger partial charge in [0.25, 0.3) is 0 Å². The van der Waals surface area contributed by atoms with Crippen molar-refractivity contribution >= 4 is 34.6 Å². The summed E-state index contributed by atoms with van der Waals surface area (Å²) in [5.74, 6) is -1.16. The van der Waals surface area contributed by atoms with Crippen LogP contribution in [-0.4, -0.2) is 69.7 Å². The number of aliphatic hydroxyl groups excluding tert-OH is 1. The van der Waals surface area contributed by atoms with Crippen molar-refractivity contribution in [3.05, 3.63) is 102 Å². The first-order chi connectivity index (χ1) is 24.5. The van der Waals surface area contributed by atoms with Gasteiger partial charge < -0.3 is 36.1 Å². The molecule has 3 aromatic carbocycles. The third kappa shape index (κ3) is 12.6. The fraction of sp³-hybridized carbons (Fsp3) is 0.410. The standard InChI is InChI=1S/C39H50N6O6/c1-25(2)17-32(35(46)20-36(47)41-21-26(3)4)43-38(49)34(19-30-22-40-24-42-30)44-37(48)33(45-39(50)51-23-27-11-6-5-7-12-27)18-29-15-10-14-28-13-8-9-16-31(28)29/h5-16,22,24-26,32-35,46H,17-21,23H2,1-4H3,(H,40,42)(H,41,47)(H,43,49)(H,44,48)(H,45,50)/t32?,33-,34-,35?/m0/s1. The Hall–Kier alpha value is -5.23. The van der Waals surface area contributed by atoms with Gasteiger partial charge >= 0.3 is 6.09 Å². The van der Waals surface area contributed by atoms with Crippen molar-refractivity contribution < 1.29 is 29.0 Å². The summed E-state index contributed by atoms with van der Waals surface area (Å²) >= 11 is 0. The number of benzene rings is 3. The number of aromatic nitrogens is 2. The van der Waals surface area contributed by atoms with Crippen molar-refractivity contribution in [1.29, 1.82) is 0 Å². The summed E-state index contributed by atoms with van der Waals surface area (Å²) in [6.45, 7) is 8.33. The van der Waals surface area contributed by atoms with E-state index in [2.05, 4.69) is 31.2 Å². The predicted octanol–water partition coefficient (Wildman–Crippen LogP) is 4.18. The molecule has 4 amide bonds. The summed E-state index contributed by atoms with van der Waals surface area (Å²) < 4.78 is 5.47. The van der Waals surface area contributed by atoms with E-state index in [4.69, 9.17) is 4.74 Å². The molecule has 1 heterocycles. The molecule has 4 rings (SSSR count). The van der Waals surface area contributed by atoms with Gasteiger partial charge in [0, 0.05) is 25.6 Å². The number of aliphatic hydroxyl groups is 1. The van der Waals surface area contributed by atoms with Crippen LogP contribution in [-0.2, 0) is 38.6 Å². The lowest BCUT2D eigenvalue weighted by Gasteiger charge is -2.29. The van der Waals surface area contributed by atoms with Crippen molar-refractivity contribution in [2.45, 2.75) is 84.2 Å². The van der Waals surface area contributed by atoms with Crippen LogP contribution in [0.15, 0.2) is 85.3 Å². The average molecular weight is 699 g/mol. The van der Waals surface area contributed by atoms with E-state index in [0.717, 1.165) is 21.9 Å². The number of alkyl carbamates (subject to hydrolysis) is 1. The molecule has 0 saturated heterocycles. The van der Waals surface area contributed by atoms with Crippen molar-refractivity contribution in [2.24, 2.45) is 11.8 Å². The molecule has 0 fully saturated rings. The van der Waals surface area contributed by atoms with Gasteiger partial charge in [-0.15, -0.1) is 0 Å². The van der Waals surface area contributed by atoms with Crippen LogP contribution in [0.4, 0.5) is 4.79 Å². The second-order valence-corrected chi connectivity index (χ2v) is 13.6. The van der Waals surface area contributed by atoms with Gasteiger partial charge in [-0.2, -0.15) is 0 Å². The highest BCUT2D eigenvalue weighted by Crippen LogP contribution is 2.20. The molecular weight excluding hydrogens is 648 g/mol. The normalized spacial score (nSPS) is 13.6. The number of ether oxygens (including phenoxy) is 1. The highest BCUT2D eigenvalue weighted by atomic mass is 16.5. The van der Waals surface area contributed by atoms with E-state index in [1.165, 1.54) is 6.33 Å². The molecule has 0 aliphatic rings. The topological polar surface area (TPSA) is 175 Å². The number of nitrogens with zero attached hydrogens (tertiary/aromatic N) is 1. The third-order valence-corrected chi connectivity index (χ3v) is 8.35. The van der Waals surface area contributed by atoms with E-state index in [1.54, 1.807) is 6.20 Å². The molecular formula is C39H50N6O6. The molecule has 4 aromatic rings. The SMILES string of the molecule is CC(C)CNC(=O)CC(O)C(CC(C)C)NC(=O)[C@H](Cc1c[nH]cn1)NC(=O)[C@H](Cc1cccc2ccccc12)NC(=O)OCc1ccccc1. The summed E-state index contributed by atoms with van der Waals surface area (Å²) in [5.41, 5.74) is 2.13. The molecule has 0 bridgehead atoms. The zero-order valence-electron chi connectivity index (χ0n) is 29.7. The maximum atomic E-state index is 14.1. The highest BCUT2D eigenvalue weighted by Gasteiger charge is 2.32. The Kier molecular flexibility index (Phi) is 14.5. The molecule has 0 spiro atoms. The molecule has 1 aromatic heterocycles. The average Bonchev–Trinajstić information content (AvgIpc) is 3.62. The van der Waals surface area contributed by atoms with Crippen LogP contribution in [0.25, 0.3) is 10.8 Å². The number of carbonyl (C=O) groups is 4. The Labute approximate surface area is 299 Å². The van der Waals surface area contributed by atoms with Gasteiger partial charge in [-0.05, 0) is 40.2 Å². The smallest absolute Gasteiger partial charge is 0.408 e. The van der Waals surface area contributed by atoms with Crippen LogP contribution in [0.5, 0.6) is 0 Å². The van der Waals surface area contributed by atoms with Gasteiger partial charge in [0.2, 0.25) is 17.7 Å². The van der Waals surface area contributed by atoms with Crippen molar-refractivity contribution in [3.8, 4) is 0 Å². The second kappa shape index (κ2) is 19.2. The van der Waals surface area contributed by atoms with E-state index in [0.29, 0.717) is 18.7 Å². The van der Waals surface area contributed by atoms with E-state index in [1.807, 2.05) is 100 Å². The summed E-state index contributed by atoms with van der Waals surface area (Å²) in [7, 11) is 0. The van der Waals surface area contributed by atoms with Gasteiger partial charge in [-0.25, -0.2) is 9.78 Å². The summed E-state index contributed by atoms with van der Waals surface area (Å²) in [5, 5.41) is 24.2. The number of fused-ring (bicyclic) bond motifs is 1. The monoisotopic (exact) mass is 698 g/mol. The first-order valence-corrected chi connectivity index (χ1v) is 17.5. The molecule has 2 unspecified atom stereocenters. The molecule has 4 atom stereocenters. The second-order valence-electron chi connectivity index (χ2n) is 13.6. The van der Waals surface area contributed by atoms with Crippen LogP contribution in [0.3, 0.4) is 0 Å². The molecule has 0 aliphatic carbocycles. The summed E-state index contributed by atoms with van der Waals surface area (Å²) in [6, 6.07) is 19.7. The Morgan fingerprint density at radius 3 is 2.20 bits per heavy atom. The quantitative estimate of drug-likeness (QED) is 0.0904. The molecule has 12 nitrogen and oxygen atoms in total. The number of nitrogens with one attached hydrogen (secondary N) is 5. The zero-order valence-corrected chi connectivity index (χ0v) is 29.7. The number of H-pyrrole nitrogens is 1. The number of carbonyl (C=O) groups excluding carboxylic acids is 4. The molecule has 12 heteroatoms. The van der Waals surface area contributed by atoms with Gasteiger partial charge in [-0.1, -0.05) is 100 Å². The van der Waals surface area contributed by atoms with Crippen molar-refractivity contribution in [3.63, 3.8) is 0 Å². The van der Waals surface area contributed by atoms with E-state index < -0.39 is 42.1 Å². The van der Waals surface area contributed by atoms with E-state index >= 15 is 0 Å². The van der Waals surface area contributed by atoms with Crippen LogP contribution in [0, 0.1) is 11.8 Å². The van der Waals surface area contributed by atoms with Crippen molar-refractivity contribution in [2.75, 3.05) is 6.54 Å². The van der Waals surface area contributed by atoms with E-state index in [-0.39, 0.29) is 43.6 Å². The predicted molar refractivity (Wildman–Crippen MR) is 195 cm³/mol.